The Labute approximate surface area is 395 Å². The smallest absolute Gasteiger partial charge is 0.327 e. The van der Waals surface area contributed by atoms with Gasteiger partial charge in [-0.1, -0.05) is 64.6 Å². The number of hydrogen-bond donors (Lipinski definition) is 2. The van der Waals surface area contributed by atoms with Crippen LogP contribution in [0.15, 0.2) is 73.4 Å². The number of nitrogens with zero attached hydrogens (tertiary/aromatic N) is 5. The van der Waals surface area contributed by atoms with Gasteiger partial charge in [0.2, 0.25) is 17.7 Å². The molecule has 2 saturated heterocycles. The number of amides is 4. The molecule has 14 nitrogen and oxygen atoms in total. The molecule has 3 aliphatic heterocycles. The number of likely N-dealkylation sites (tertiary alicyclic amines) is 1. The van der Waals surface area contributed by atoms with Crippen LogP contribution in [0, 0.1) is 17.3 Å². The topological polar surface area (TPSA) is 155 Å². The van der Waals surface area contributed by atoms with Gasteiger partial charge in [0.25, 0.3) is 5.91 Å². The summed E-state index contributed by atoms with van der Waals surface area (Å²) in [5, 5.41) is 5.60. The van der Waals surface area contributed by atoms with E-state index >= 15 is 0 Å². The molecule has 2 fully saturated rings. The minimum atomic E-state index is -1.23. The summed E-state index contributed by atoms with van der Waals surface area (Å²) in [7, 11) is 3.31. The molecule has 2 aromatic heterocycles. The highest BCUT2D eigenvalue weighted by molar-refractivity contribution is 5.96. The first-order chi connectivity index (χ1) is 31.8. The molecule has 2 aromatic carbocycles. The van der Waals surface area contributed by atoms with Gasteiger partial charge in [-0.05, 0) is 112 Å². The highest BCUT2D eigenvalue weighted by Crippen LogP contribution is 2.42. The third-order valence-corrected chi connectivity index (χ3v) is 14.2. The number of carbonyl (C=O) groups is 5. The first-order valence-corrected chi connectivity index (χ1v) is 23.8. The monoisotopic (exact) mass is 916 g/mol. The van der Waals surface area contributed by atoms with Crippen molar-refractivity contribution in [2.24, 2.45) is 17.3 Å². The molecule has 5 heterocycles. The second kappa shape index (κ2) is 19.8. The zero-order valence-electron chi connectivity index (χ0n) is 41.0. The highest BCUT2D eigenvalue weighted by atomic mass is 16.5. The van der Waals surface area contributed by atoms with Gasteiger partial charge < -0.3 is 29.2 Å². The maximum atomic E-state index is 14.9. The first kappa shape index (κ1) is 49.1. The number of nitrogens with one attached hydrogen (secondary N) is 2. The lowest BCUT2D eigenvalue weighted by molar-refractivity contribution is -0.162. The van der Waals surface area contributed by atoms with Crippen molar-refractivity contribution in [1.82, 2.24) is 35.1 Å². The Morgan fingerprint density at radius 2 is 1.81 bits per heavy atom. The van der Waals surface area contributed by atoms with E-state index in [2.05, 4.69) is 79.1 Å². The second-order valence-electron chi connectivity index (χ2n) is 20.0. The number of pyridine rings is 1. The zero-order chi connectivity index (χ0) is 48.5. The largest absolute Gasteiger partial charge is 0.464 e. The van der Waals surface area contributed by atoms with Crippen LogP contribution >= 0.6 is 0 Å². The van der Waals surface area contributed by atoms with Crippen LogP contribution in [-0.4, -0.2) is 111 Å². The molecular weight excluding hydrogens is 847 g/mol. The van der Waals surface area contributed by atoms with E-state index in [1.165, 1.54) is 16.0 Å². The quantitative estimate of drug-likeness (QED) is 0.126. The Morgan fingerprint density at radius 1 is 1.06 bits per heavy atom. The molecule has 0 spiro atoms. The van der Waals surface area contributed by atoms with Crippen LogP contribution < -0.4 is 10.7 Å². The second-order valence-corrected chi connectivity index (χ2v) is 20.0. The molecule has 4 amide bonds. The summed E-state index contributed by atoms with van der Waals surface area (Å²) in [6, 6.07) is 16.2. The van der Waals surface area contributed by atoms with Gasteiger partial charge in [0.1, 0.15) is 17.6 Å². The molecule has 0 radical (unpaired) electrons. The highest BCUT2D eigenvalue weighted by Gasteiger charge is 2.45. The molecule has 4 aromatic rings. The number of rotatable bonds is 10. The third-order valence-electron chi connectivity index (χ3n) is 14.2. The normalized spacial score (nSPS) is 23.1. The van der Waals surface area contributed by atoms with Crippen molar-refractivity contribution in [3.63, 3.8) is 0 Å². The van der Waals surface area contributed by atoms with Crippen LogP contribution in [0.4, 0.5) is 0 Å². The molecule has 0 aliphatic carbocycles. The fraction of sp³-hybridized carbons (Fsp3) is 0.509. The van der Waals surface area contributed by atoms with Crippen molar-refractivity contribution < 1.29 is 33.4 Å². The summed E-state index contributed by atoms with van der Waals surface area (Å²) in [6.07, 6.45) is 4.93. The maximum Gasteiger partial charge on any atom is 0.327 e. The van der Waals surface area contributed by atoms with Gasteiger partial charge >= 0.3 is 5.97 Å². The van der Waals surface area contributed by atoms with E-state index in [1.54, 1.807) is 32.2 Å². The minimum absolute atomic E-state index is 0.120. The predicted octanol–water partition coefficient (Wildman–Crippen LogP) is 7.04. The number of hydrazine groups is 1. The molecule has 14 heteroatoms. The van der Waals surface area contributed by atoms with Crippen molar-refractivity contribution in [2.75, 3.05) is 33.9 Å². The molecule has 67 heavy (non-hydrogen) atoms. The number of methoxy groups -OCH3 is 1. The molecule has 3 aliphatic rings. The van der Waals surface area contributed by atoms with Crippen molar-refractivity contribution in [2.45, 2.75) is 124 Å². The number of aryl methyl sites for hydroxylation is 1. The van der Waals surface area contributed by atoms with E-state index in [-0.39, 0.29) is 42.9 Å². The van der Waals surface area contributed by atoms with Gasteiger partial charge in [0.05, 0.1) is 30.0 Å². The van der Waals surface area contributed by atoms with E-state index in [0.717, 1.165) is 50.1 Å². The van der Waals surface area contributed by atoms with Crippen molar-refractivity contribution >= 4 is 40.5 Å². The summed E-state index contributed by atoms with van der Waals surface area (Å²) >= 11 is 0. The zero-order valence-corrected chi connectivity index (χ0v) is 41.0. The van der Waals surface area contributed by atoms with Crippen LogP contribution in [0.3, 0.4) is 0 Å². The molecule has 6 bridgehead atoms. The van der Waals surface area contributed by atoms with Crippen molar-refractivity contribution in [3.8, 4) is 22.4 Å². The molecule has 7 rings (SSSR count). The van der Waals surface area contributed by atoms with Gasteiger partial charge in [-0.2, -0.15) is 0 Å². The first-order valence-electron chi connectivity index (χ1n) is 23.8. The van der Waals surface area contributed by atoms with Crippen LogP contribution in [0.1, 0.15) is 97.6 Å². The van der Waals surface area contributed by atoms with Crippen LogP contribution in [0.2, 0.25) is 0 Å². The molecule has 358 valence electrons. The van der Waals surface area contributed by atoms with Gasteiger partial charge in [-0.3, -0.25) is 29.2 Å². The number of fused-ring (bicyclic) bond motifs is 6. The van der Waals surface area contributed by atoms with Crippen molar-refractivity contribution in [3.05, 3.63) is 90.3 Å². The summed E-state index contributed by atoms with van der Waals surface area (Å²) < 4.78 is 14.4. The average Bonchev–Trinajstić information content (AvgIpc) is 3.85. The Bertz CT molecular complexity index is 2550. The molecule has 0 unspecified atom stereocenters. The standard InChI is InChI=1S/C53H69N7O7/c1-12-44(61)59-26-22-38(33(59)5)49(63)57(10)46(32(3)4)48(62)55-42-28-35-17-14-18-36(27-35)37-20-21-43-40(29-37)41(47(58(43)13-2)39-19-15-24-54-45(39)34(6)66-11)30-52(7,8)31-67-51(65)53(9)23-16-25-60(56-53)50(42)64/h12,14-15,17-21,24,27,29,32-34,38,42,46,56H,1,13,16,22-23,25-26,28,30-31H2,2-11H3,(H,55,62)/t33-,34+,38+,42+,46+,53-/m1/s1. The summed E-state index contributed by atoms with van der Waals surface area (Å²) in [5.74, 6) is -2.65. The molecular formula is C53H69N7O7. The molecule has 0 saturated carbocycles. The van der Waals surface area contributed by atoms with E-state index in [9.17, 15) is 24.0 Å². The Kier molecular flexibility index (Phi) is 14.5. The Hall–Kier alpha value is -5.86. The fourth-order valence-corrected chi connectivity index (χ4v) is 10.5. The number of benzene rings is 2. The lowest BCUT2D eigenvalue weighted by atomic mass is 9.84. The van der Waals surface area contributed by atoms with Crippen LogP contribution in [0.5, 0.6) is 0 Å². The summed E-state index contributed by atoms with van der Waals surface area (Å²) in [6.45, 7) is 20.9. The van der Waals surface area contributed by atoms with Crippen molar-refractivity contribution in [1.29, 1.82) is 0 Å². The van der Waals surface area contributed by atoms with Gasteiger partial charge in [-0.25, -0.2) is 10.2 Å². The lowest BCUT2D eigenvalue weighted by Gasteiger charge is -2.41. The molecule has 2 N–H and O–H groups in total. The summed E-state index contributed by atoms with van der Waals surface area (Å²) in [4.78, 5) is 78.4. The van der Waals surface area contributed by atoms with Crippen LogP contribution in [0.25, 0.3) is 33.3 Å². The average molecular weight is 916 g/mol. The SMILES string of the molecule is C=CC(=O)N1CC[C@H](C(=O)N(C)[C@H](C(=O)N[C@H]2Cc3cccc(c3)-c3ccc4c(c3)c(c(-c3cccnc3[C@H](C)OC)n4CC)CC(C)(C)COC(=O)[C@@]3(C)CCCN(N3)C2=O)C(C)C)[C@H]1C. The minimum Gasteiger partial charge on any atom is -0.464 e. The number of carbonyl (C=O) groups excluding carboxylic acids is 5. The predicted molar refractivity (Wildman–Crippen MR) is 259 cm³/mol. The Balaban J connectivity index is 1.31. The number of aromatic nitrogens is 2. The number of ether oxygens (including phenoxy) is 2. The lowest BCUT2D eigenvalue weighted by Crippen LogP contribution is -2.66. The number of hydrogen-bond acceptors (Lipinski definition) is 9. The van der Waals surface area contributed by atoms with Gasteiger partial charge in [0, 0.05) is 74.3 Å². The summed E-state index contributed by atoms with van der Waals surface area (Å²) in [5.41, 5.74) is 9.28. The van der Waals surface area contributed by atoms with E-state index < -0.39 is 46.7 Å². The van der Waals surface area contributed by atoms with E-state index in [0.29, 0.717) is 45.3 Å². The van der Waals surface area contributed by atoms with E-state index in [4.69, 9.17) is 14.5 Å². The van der Waals surface area contributed by atoms with Gasteiger partial charge in [0.15, 0.2) is 0 Å². The maximum absolute atomic E-state index is 14.9. The van der Waals surface area contributed by atoms with Gasteiger partial charge in [-0.15, -0.1) is 0 Å². The Morgan fingerprint density at radius 3 is 2.51 bits per heavy atom. The molecule has 6 atom stereocenters. The number of likely N-dealkylation sites (N-methyl/N-ethyl adjacent to an activating group) is 1. The number of esters is 1. The van der Waals surface area contributed by atoms with E-state index in [1.807, 2.05) is 45.9 Å². The fourth-order valence-electron chi connectivity index (χ4n) is 10.5. The van der Waals surface area contributed by atoms with Crippen LogP contribution in [-0.2, 0) is 52.8 Å². The third kappa shape index (κ3) is 9.78. The number of cyclic esters (lactones) is 1.